The molecule has 1 aliphatic rings. The molecule has 1 aromatic rings. The number of nitrogens with one attached hydrogen (secondary N) is 2. The standard InChI is InChI=1S/C16H24N4O3/c17-16(22)23-14-4-1-13(2-5-14)3-6-15(21)19-9-12-20-10-7-18-8-11-20/h1-2,4-5,18H,3,6-12H2,(H2,17,22)(H,19,21). The normalized spacial score (nSPS) is 15.1. The average Bonchev–Trinajstić information content (AvgIpc) is 2.55. The van der Waals surface area contributed by atoms with Crippen LogP contribution in [0.5, 0.6) is 5.75 Å². The fourth-order valence-corrected chi connectivity index (χ4v) is 2.47. The van der Waals surface area contributed by atoms with Gasteiger partial charge in [-0.25, -0.2) is 4.79 Å². The predicted molar refractivity (Wildman–Crippen MR) is 87.3 cm³/mol. The van der Waals surface area contributed by atoms with E-state index in [0.717, 1.165) is 38.3 Å². The van der Waals surface area contributed by atoms with Gasteiger partial charge < -0.3 is 21.1 Å². The molecule has 1 fully saturated rings. The first-order valence-electron chi connectivity index (χ1n) is 7.89. The Hall–Kier alpha value is -2.12. The summed E-state index contributed by atoms with van der Waals surface area (Å²) < 4.78 is 4.76. The maximum Gasteiger partial charge on any atom is 0.409 e. The van der Waals surface area contributed by atoms with Crippen molar-refractivity contribution in [3.63, 3.8) is 0 Å². The Bertz CT molecular complexity index is 513. The highest BCUT2D eigenvalue weighted by atomic mass is 16.5. The first-order valence-corrected chi connectivity index (χ1v) is 7.89. The van der Waals surface area contributed by atoms with E-state index in [1.54, 1.807) is 12.1 Å². The number of benzene rings is 1. The van der Waals surface area contributed by atoms with Gasteiger partial charge in [-0.3, -0.25) is 9.69 Å². The lowest BCUT2D eigenvalue weighted by atomic mass is 10.1. The van der Waals surface area contributed by atoms with Crippen molar-refractivity contribution in [3.05, 3.63) is 29.8 Å². The van der Waals surface area contributed by atoms with Gasteiger partial charge in [0.1, 0.15) is 5.75 Å². The van der Waals surface area contributed by atoms with Gasteiger partial charge in [-0.1, -0.05) is 12.1 Å². The maximum atomic E-state index is 11.8. The fraction of sp³-hybridized carbons (Fsp3) is 0.500. The third-order valence-corrected chi connectivity index (χ3v) is 3.74. The molecule has 4 N–H and O–H groups in total. The number of amides is 2. The number of primary amides is 1. The van der Waals surface area contributed by atoms with Gasteiger partial charge >= 0.3 is 6.09 Å². The molecule has 126 valence electrons. The lowest BCUT2D eigenvalue weighted by Crippen LogP contribution is -2.46. The van der Waals surface area contributed by atoms with Crippen LogP contribution in [-0.2, 0) is 11.2 Å². The van der Waals surface area contributed by atoms with Crippen LogP contribution >= 0.6 is 0 Å². The molecule has 0 spiro atoms. The first-order chi connectivity index (χ1) is 11.1. The third kappa shape index (κ3) is 6.66. The van der Waals surface area contributed by atoms with Crippen molar-refractivity contribution in [3.8, 4) is 5.75 Å². The van der Waals surface area contributed by atoms with Crippen LogP contribution in [0.2, 0.25) is 0 Å². The Morgan fingerprint density at radius 1 is 1.22 bits per heavy atom. The summed E-state index contributed by atoms with van der Waals surface area (Å²) in [6.45, 7) is 5.69. The molecule has 2 rings (SSSR count). The summed E-state index contributed by atoms with van der Waals surface area (Å²) in [6, 6.07) is 6.99. The van der Waals surface area contributed by atoms with E-state index in [-0.39, 0.29) is 5.91 Å². The van der Waals surface area contributed by atoms with Gasteiger partial charge in [-0.15, -0.1) is 0 Å². The number of hydrogen-bond donors (Lipinski definition) is 3. The van der Waals surface area contributed by atoms with Crippen LogP contribution in [0.4, 0.5) is 4.79 Å². The van der Waals surface area contributed by atoms with Crippen LogP contribution in [0.25, 0.3) is 0 Å². The van der Waals surface area contributed by atoms with Crippen molar-refractivity contribution >= 4 is 12.0 Å². The summed E-state index contributed by atoms with van der Waals surface area (Å²) >= 11 is 0. The Morgan fingerprint density at radius 2 is 1.91 bits per heavy atom. The van der Waals surface area contributed by atoms with Crippen molar-refractivity contribution in [2.24, 2.45) is 5.73 Å². The predicted octanol–water partition coefficient (Wildman–Crippen LogP) is 0.0981. The lowest BCUT2D eigenvalue weighted by molar-refractivity contribution is -0.121. The number of rotatable bonds is 7. The highest BCUT2D eigenvalue weighted by Gasteiger charge is 2.09. The second-order valence-electron chi connectivity index (χ2n) is 5.51. The summed E-state index contributed by atoms with van der Waals surface area (Å²) in [5.41, 5.74) is 5.95. The number of nitrogens with two attached hydrogens (primary N) is 1. The number of piperazine rings is 1. The molecule has 1 aliphatic heterocycles. The Labute approximate surface area is 136 Å². The SMILES string of the molecule is NC(=O)Oc1ccc(CCC(=O)NCCN2CCNCC2)cc1. The van der Waals surface area contributed by atoms with Gasteiger partial charge in [-0.05, 0) is 24.1 Å². The van der Waals surface area contributed by atoms with Gasteiger partial charge in [0.15, 0.2) is 0 Å². The van der Waals surface area contributed by atoms with Crippen molar-refractivity contribution in [2.75, 3.05) is 39.3 Å². The van der Waals surface area contributed by atoms with Crippen molar-refractivity contribution in [2.45, 2.75) is 12.8 Å². The van der Waals surface area contributed by atoms with Gasteiger partial charge in [0, 0.05) is 45.7 Å². The van der Waals surface area contributed by atoms with Crippen LogP contribution in [0.1, 0.15) is 12.0 Å². The van der Waals surface area contributed by atoms with E-state index in [4.69, 9.17) is 10.5 Å². The first kappa shape index (κ1) is 17.2. The second kappa shape index (κ2) is 9.12. The molecular weight excluding hydrogens is 296 g/mol. The topological polar surface area (TPSA) is 96.7 Å². The second-order valence-corrected chi connectivity index (χ2v) is 5.51. The fourth-order valence-electron chi connectivity index (χ4n) is 2.47. The van der Waals surface area contributed by atoms with E-state index in [0.29, 0.717) is 25.1 Å². The Balaban J connectivity index is 1.62. The van der Waals surface area contributed by atoms with Crippen molar-refractivity contribution in [1.29, 1.82) is 0 Å². The van der Waals surface area contributed by atoms with Crippen LogP contribution < -0.4 is 21.1 Å². The number of aryl methyl sites for hydroxylation is 1. The third-order valence-electron chi connectivity index (χ3n) is 3.74. The highest BCUT2D eigenvalue weighted by molar-refractivity contribution is 5.76. The molecule has 1 saturated heterocycles. The summed E-state index contributed by atoms with van der Waals surface area (Å²) in [5, 5.41) is 6.25. The van der Waals surface area contributed by atoms with Crippen LogP contribution in [0.3, 0.4) is 0 Å². The molecule has 0 bridgehead atoms. The van der Waals surface area contributed by atoms with Gasteiger partial charge in [0.2, 0.25) is 5.91 Å². The minimum atomic E-state index is -0.832. The zero-order valence-corrected chi connectivity index (χ0v) is 13.2. The zero-order chi connectivity index (χ0) is 16.5. The molecular formula is C16H24N4O3. The van der Waals surface area contributed by atoms with Crippen LogP contribution in [0.15, 0.2) is 24.3 Å². The number of ether oxygens (including phenoxy) is 1. The smallest absolute Gasteiger partial charge is 0.409 e. The molecule has 0 saturated carbocycles. The van der Waals surface area contributed by atoms with Gasteiger partial charge in [-0.2, -0.15) is 0 Å². The summed E-state index contributed by atoms with van der Waals surface area (Å²) in [6.07, 6.45) is 0.259. The van der Waals surface area contributed by atoms with E-state index in [1.165, 1.54) is 0 Å². The summed E-state index contributed by atoms with van der Waals surface area (Å²) in [4.78, 5) is 24.8. The molecule has 0 radical (unpaired) electrons. The maximum absolute atomic E-state index is 11.8. The van der Waals surface area contributed by atoms with E-state index in [9.17, 15) is 9.59 Å². The van der Waals surface area contributed by atoms with Crippen molar-refractivity contribution < 1.29 is 14.3 Å². The number of carbonyl (C=O) groups excluding carboxylic acids is 2. The Morgan fingerprint density at radius 3 is 2.57 bits per heavy atom. The summed E-state index contributed by atoms with van der Waals surface area (Å²) in [5.74, 6) is 0.458. The van der Waals surface area contributed by atoms with E-state index < -0.39 is 6.09 Å². The Kier molecular flexibility index (Phi) is 6.83. The molecule has 0 atom stereocenters. The molecule has 7 heteroatoms. The largest absolute Gasteiger partial charge is 0.411 e. The van der Waals surface area contributed by atoms with Crippen LogP contribution in [0, 0.1) is 0 Å². The quantitative estimate of drug-likeness (QED) is 0.662. The minimum absolute atomic E-state index is 0.0533. The monoisotopic (exact) mass is 320 g/mol. The van der Waals surface area contributed by atoms with Gasteiger partial charge in [0.25, 0.3) is 0 Å². The molecule has 2 amide bonds. The van der Waals surface area contributed by atoms with E-state index >= 15 is 0 Å². The number of hydrogen-bond acceptors (Lipinski definition) is 5. The van der Waals surface area contributed by atoms with Crippen molar-refractivity contribution in [1.82, 2.24) is 15.5 Å². The average molecular weight is 320 g/mol. The molecule has 1 heterocycles. The molecule has 0 unspecified atom stereocenters. The molecule has 1 aromatic carbocycles. The molecule has 23 heavy (non-hydrogen) atoms. The lowest BCUT2D eigenvalue weighted by Gasteiger charge is -2.27. The van der Waals surface area contributed by atoms with E-state index in [1.807, 2.05) is 12.1 Å². The number of nitrogens with zero attached hydrogens (tertiary/aromatic N) is 1. The summed E-state index contributed by atoms with van der Waals surface area (Å²) in [7, 11) is 0. The molecule has 7 nitrogen and oxygen atoms in total. The van der Waals surface area contributed by atoms with Crippen LogP contribution in [-0.4, -0.2) is 56.2 Å². The minimum Gasteiger partial charge on any atom is -0.411 e. The van der Waals surface area contributed by atoms with E-state index in [2.05, 4.69) is 15.5 Å². The highest BCUT2D eigenvalue weighted by Crippen LogP contribution is 2.13. The van der Waals surface area contributed by atoms with Gasteiger partial charge in [0.05, 0.1) is 0 Å². The number of carbonyl (C=O) groups is 2. The molecule has 0 aromatic heterocycles. The zero-order valence-electron chi connectivity index (χ0n) is 13.2. The molecule has 0 aliphatic carbocycles.